The summed E-state index contributed by atoms with van der Waals surface area (Å²) in [7, 11) is 0. The highest BCUT2D eigenvalue weighted by Gasteiger charge is 2.21. The van der Waals surface area contributed by atoms with Gasteiger partial charge in [0, 0.05) is 24.5 Å². The first-order valence-electron chi connectivity index (χ1n) is 6.46. The van der Waals surface area contributed by atoms with Crippen molar-refractivity contribution in [2.45, 2.75) is 33.1 Å². The molecule has 94 valence electrons. The lowest BCUT2D eigenvalue weighted by Gasteiger charge is -2.32. The quantitative estimate of drug-likeness (QED) is 0.864. The maximum atomic E-state index is 5.64. The van der Waals surface area contributed by atoms with Crippen molar-refractivity contribution in [3.63, 3.8) is 0 Å². The minimum absolute atomic E-state index is 0.707. The van der Waals surface area contributed by atoms with Crippen LogP contribution in [0.5, 0.6) is 0 Å². The molecule has 1 atom stereocenters. The van der Waals surface area contributed by atoms with E-state index in [2.05, 4.69) is 14.9 Å². The van der Waals surface area contributed by atoms with Crippen LogP contribution >= 0.6 is 0 Å². The highest BCUT2D eigenvalue weighted by Crippen LogP contribution is 2.22. The van der Waals surface area contributed by atoms with Crippen LogP contribution in [0.25, 0.3) is 0 Å². The minimum Gasteiger partial charge on any atom is -0.341 e. The fourth-order valence-electron chi connectivity index (χ4n) is 2.57. The Morgan fingerprint density at radius 1 is 1.35 bits per heavy atom. The SMILES string of the molecule is Cc1cc(C)nc(N2CCCC(CCN)C2)n1. The molecule has 1 aromatic rings. The average molecular weight is 234 g/mol. The summed E-state index contributed by atoms with van der Waals surface area (Å²) in [5, 5.41) is 0. The number of rotatable bonds is 3. The molecule has 0 aromatic carbocycles. The summed E-state index contributed by atoms with van der Waals surface area (Å²) in [6, 6.07) is 2.02. The Bertz CT molecular complexity index is 355. The molecule has 1 saturated heterocycles. The molecule has 1 aliphatic heterocycles. The molecule has 17 heavy (non-hydrogen) atoms. The number of hydrogen-bond acceptors (Lipinski definition) is 4. The van der Waals surface area contributed by atoms with Crippen molar-refractivity contribution < 1.29 is 0 Å². The van der Waals surface area contributed by atoms with E-state index < -0.39 is 0 Å². The molecule has 1 aliphatic rings. The Kier molecular flexibility index (Phi) is 3.94. The van der Waals surface area contributed by atoms with E-state index in [0.717, 1.165) is 43.4 Å². The molecule has 4 heteroatoms. The lowest BCUT2D eigenvalue weighted by Crippen LogP contribution is -2.37. The lowest BCUT2D eigenvalue weighted by atomic mass is 9.95. The molecule has 0 saturated carbocycles. The van der Waals surface area contributed by atoms with Crippen molar-refractivity contribution in [2.75, 3.05) is 24.5 Å². The summed E-state index contributed by atoms with van der Waals surface area (Å²) >= 11 is 0. The standard InChI is InChI=1S/C13H22N4/c1-10-8-11(2)16-13(15-10)17-7-3-4-12(9-17)5-6-14/h8,12H,3-7,9,14H2,1-2H3. The number of aryl methyl sites for hydroxylation is 2. The monoisotopic (exact) mass is 234 g/mol. The number of anilines is 1. The van der Waals surface area contributed by atoms with Crippen molar-refractivity contribution >= 4 is 5.95 Å². The molecule has 0 aliphatic carbocycles. The Hall–Kier alpha value is -1.16. The van der Waals surface area contributed by atoms with Crippen molar-refractivity contribution in [1.82, 2.24) is 9.97 Å². The van der Waals surface area contributed by atoms with Crippen molar-refractivity contribution in [3.05, 3.63) is 17.5 Å². The second-order valence-corrected chi connectivity index (χ2v) is 4.98. The van der Waals surface area contributed by atoms with Crippen LogP contribution in [0, 0.1) is 19.8 Å². The molecule has 2 N–H and O–H groups in total. The lowest BCUT2D eigenvalue weighted by molar-refractivity contribution is 0.392. The molecule has 0 bridgehead atoms. The van der Waals surface area contributed by atoms with Gasteiger partial charge in [-0.1, -0.05) is 0 Å². The zero-order valence-corrected chi connectivity index (χ0v) is 10.8. The van der Waals surface area contributed by atoms with E-state index in [1.54, 1.807) is 0 Å². The van der Waals surface area contributed by atoms with Gasteiger partial charge in [-0.2, -0.15) is 0 Å². The molecule has 1 fully saturated rings. The number of aromatic nitrogens is 2. The minimum atomic E-state index is 0.707. The summed E-state index contributed by atoms with van der Waals surface area (Å²) in [6.45, 7) is 6.97. The van der Waals surface area contributed by atoms with Gasteiger partial charge in [0.25, 0.3) is 0 Å². The number of hydrogen-bond donors (Lipinski definition) is 1. The number of nitrogens with two attached hydrogens (primary N) is 1. The normalized spacial score (nSPS) is 20.6. The molecular weight excluding hydrogens is 212 g/mol. The van der Waals surface area contributed by atoms with Crippen LogP contribution in [0.4, 0.5) is 5.95 Å². The third kappa shape index (κ3) is 3.16. The van der Waals surface area contributed by atoms with E-state index in [1.807, 2.05) is 19.9 Å². The average Bonchev–Trinajstić information content (AvgIpc) is 2.28. The largest absolute Gasteiger partial charge is 0.341 e. The zero-order chi connectivity index (χ0) is 12.3. The second-order valence-electron chi connectivity index (χ2n) is 4.98. The maximum absolute atomic E-state index is 5.64. The fourth-order valence-corrected chi connectivity index (χ4v) is 2.57. The Morgan fingerprint density at radius 3 is 2.71 bits per heavy atom. The van der Waals surface area contributed by atoms with Crippen LogP contribution in [0.2, 0.25) is 0 Å². The van der Waals surface area contributed by atoms with Gasteiger partial charge < -0.3 is 10.6 Å². The summed E-state index contributed by atoms with van der Waals surface area (Å²) in [5.74, 6) is 1.60. The number of nitrogens with zero attached hydrogens (tertiary/aromatic N) is 3. The van der Waals surface area contributed by atoms with Crippen LogP contribution in [0.3, 0.4) is 0 Å². The van der Waals surface area contributed by atoms with E-state index >= 15 is 0 Å². The van der Waals surface area contributed by atoms with Gasteiger partial charge >= 0.3 is 0 Å². The molecule has 0 radical (unpaired) electrons. The zero-order valence-electron chi connectivity index (χ0n) is 10.8. The van der Waals surface area contributed by atoms with E-state index in [4.69, 9.17) is 5.73 Å². The third-order valence-electron chi connectivity index (χ3n) is 3.35. The van der Waals surface area contributed by atoms with Gasteiger partial charge in [-0.05, 0) is 51.6 Å². The summed E-state index contributed by atoms with van der Waals surface area (Å²) < 4.78 is 0. The van der Waals surface area contributed by atoms with Gasteiger partial charge in [-0.15, -0.1) is 0 Å². The molecular formula is C13H22N4. The summed E-state index contributed by atoms with van der Waals surface area (Å²) in [6.07, 6.45) is 3.63. The molecule has 1 aromatic heterocycles. The summed E-state index contributed by atoms with van der Waals surface area (Å²) in [4.78, 5) is 11.4. The van der Waals surface area contributed by atoms with Crippen molar-refractivity contribution in [2.24, 2.45) is 11.7 Å². The predicted octanol–water partition coefficient (Wildman–Crippen LogP) is 1.66. The van der Waals surface area contributed by atoms with Crippen molar-refractivity contribution in [1.29, 1.82) is 0 Å². The second kappa shape index (κ2) is 5.45. The molecule has 2 heterocycles. The van der Waals surface area contributed by atoms with Gasteiger partial charge in [-0.25, -0.2) is 9.97 Å². The highest BCUT2D eigenvalue weighted by molar-refractivity contribution is 5.32. The highest BCUT2D eigenvalue weighted by atomic mass is 15.3. The van der Waals surface area contributed by atoms with E-state index in [9.17, 15) is 0 Å². The van der Waals surface area contributed by atoms with Crippen LogP contribution in [-0.2, 0) is 0 Å². The van der Waals surface area contributed by atoms with Crippen LogP contribution in [0.1, 0.15) is 30.7 Å². The van der Waals surface area contributed by atoms with Gasteiger partial charge in [0.2, 0.25) is 5.95 Å². The van der Waals surface area contributed by atoms with Gasteiger partial charge in [-0.3, -0.25) is 0 Å². The van der Waals surface area contributed by atoms with Crippen LogP contribution in [-0.4, -0.2) is 29.6 Å². The first kappa shape index (κ1) is 12.3. The molecule has 0 amide bonds. The van der Waals surface area contributed by atoms with E-state index in [1.165, 1.54) is 12.8 Å². The van der Waals surface area contributed by atoms with Crippen LogP contribution < -0.4 is 10.6 Å². The Labute approximate surface area is 103 Å². The van der Waals surface area contributed by atoms with Gasteiger partial charge in [0.1, 0.15) is 0 Å². The fraction of sp³-hybridized carbons (Fsp3) is 0.692. The molecule has 4 nitrogen and oxygen atoms in total. The topological polar surface area (TPSA) is 55.0 Å². The Morgan fingerprint density at radius 2 is 2.06 bits per heavy atom. The van der Waals surface area contributed by atoms with Crippen molar-refractivity contribution in [3.8, 4) is 0 Å². The van der Waals surface area contributed by atoms with Gasteiger partial charge in [0.15, 0.2) is 0 Å². The van der Waals surface area contributed by atoms with Crippen LogP contribution in [0.15, 0.2) is 6.07 Å². The Balaban J connectivity index is 2.10. The third-order valence-corrected chi connectivity index (χ3v) is 3.35. The predicted molar refractivity (Wildman–Crippen MR) is 70.1 cm³/mol. The number of piperidine rings is 1. The molecule has 0 spiro atoms. The summed E-state index contributed by atoms with van der Waals surface area (Å²) in [5.41, 5.74) is 7.74. The smallest absolute Gasteiger partial charge is 0.225 e. The van der Waals surface area contributed by atoms with E-state index in [-0.39, 0.29) is 0 Å². The van der Waals surface area contributed by atoms with E-state index in [0.29, 0.717) is 5.92 Å². The van der Waals surface area contributed by atoms with Gasteiger partial charge in [0.05, 0.1) is 0 Å². The first-order chi connectivity index (χ1) is 8.19. The molecule has 2 rings (SSSR count). The molecule has 1 unspecified atom stereocenters. The maximum Gasteiger partial charge on any atom is 0.225 e. The first-order valence-corrected chi connectivity index (χ1v) is 6.46.